The van der Waals surface area contributed by atoms with E-state index in [1.54, 1.807) is 17.8 Å². The first-order chi connectivity index (χ1) is 14.8. The summed E-state index contributed by atoms with van der Waals surface area (Å²) in [7, 11) is 3.93. The third-order valence-electron chi connectivity index (χ3n) is 7.13. The molecule has 3 aliphatic rings. The molecule has 3 aromatic heterocycles. The minimum atomic E-state index is -0.0934. The van der Waals surface area contributed by atoms with Gasteiger partial charge in [0.1, 0.15) is 11.2 Å². The fourth-order valence-electron chi connectivity index (χ4n) is 5.20. The molecule has 0 amide bonds. The van der Waals surface area contributed by atoms with Crippen molar-refractivity contribution >= 4 is 28.4 Å². The third kappa shape index (κ3) is 3.18. The maximum Gasteiger partial charge on any atom is 0.263 e. The zero-order chi connectivity index (χ0) is 21.4. The van der Waals surface area contributed by atoms with Gasteiger partial charge in [-0.15, -0.1) is 0 Å². The molecule has 0 aromatic carbocycles. The van der Waals surface area contributed by atoms with Crippen molar-refractivity contribution in [2.45, 2.75) is 44.2 Å². The molecule has 1 saturated heterocycles. The van der Waals surface area contributed by atoms with E-state index in [1.165, 1.54) is 25.9 Å². The second kappa shape index (κ2) is 6.29. The number of anilines is 3. The Morgan fingerprint density at radius 1 is 1.16 bits per heavy atom. The summed E-state index contributed by atoms with van der Waals surface area (Å²) < 4.78 is 3.63. The van der Waals surface area contributed by atoms with Crippen molar-refractivity contribution < 1.29 is 0 Å². The molecular formula is C22H28N8O. The van der Waals surface area contributed by atoms with Gasteiger partial charge >= 0.3 is 0 Å². The molecule has 4 heterocycles. The van der Waals surface area contributed by atoms with Crippen LogP contribution in [0.25, 0.3) is 10.9 Å². The fraction of sp³-hybridized carbons (Fsp3) is 0.545. The normalized spacial score (nSPS) is 21.6. The van der Waals surface area contributed by atoms with Gasteiger partial charge in [0.2, 0.25) is 5.95 Å². The van der Waals surface area contributed by atoms with E-state index >= 15 is 0 Å². The Labute approximate surface area is 180 Å². The smallest absolute Gasteiger partial charge is 0.263 e. The minimum absolute atomic E-state index is 0.0000635. The van der Waals surface area contributed by atoms with E-state index in [9.17, 15) is 4.79 Å². The third-order valence-corrected chi connectivity index (χ3v) is 7.13. The van der Waals surface area contributed by atoms with Crippen LogP contribution in [0.4, 0.5) is 17.5 Å². The number of nitrogens with one attached hydrogen (secondary N) is 2. The SMILES string of the molecule is CN1CC2(CC(n3cc(Nc4nc(NC5(C)CC5)c5c(=O)n(C)ccc5n4)cn3)C2)C1. The Morgan fingerprint density at radius 3 is 2.65 bits per heavy atom. The van der Waals surface area contributed by atoms with Crippen LogP contribution in [0.1, 0.15) is 38.6 Å². The van der Waals surface area contributed by atoms with E-state index in [1.807, 2.05) is 18.5 Å². The number of nitrogens with zero attached hydrogens (tertiary/aromatic N) is 6. The van der Waals surface area contributed by atoms with Crippen LogP contribution >= 0.6 is 0 Å². The summed E-state index contributed by atoms with van der Waals surface area (Å²) in [6.45, 7) is 4.56. The Morgan fingerprint density at radius 2 is 1.94 bits per heavy atom. The standard InChI is InChI=1S/C22H28N8O/c1-21(5-6-21)27-18-17-16(4-7-29(3)19(17)31)25-20(26-18)24-14-10-23-30(11-14)15-8-22(9-15)12-28(2)13-22/h4,7,10-11,15H,5-6,8-9,12-13H2,1-3H3,(H2,24,25,26,27). The molecule has 2 saturated carbocycles. The molecule has 9 heteroatoms. The minimum Gasteiger partial charge on any atom is -0.364 e. The quantitative estimate of drug-likeness (QED) is 0.655. The summed E-state index contributed by atoms with van der Waals surface area (Å²) in [5, 5.41) is 11.9. The topological polar surface area (TPSA) is 92.9 Å². The van der Waals surface area contributed by atoms with Crippen LogP contribution in [0.2, 0.25) is 0 Å². The van der Waals surface area contributed by atoms with Crippen molar-refractivity contribution in [2.75, 3.05) is 30.8 Å². The number of aryl methyl sites for hydroxylation is 1. The Balaban J connectivity index is 1.26. The number of likely N-dealkylation sites (tertiary alicyclic amines) is 1. The Kier molecular flexibility index (Phi) is 3.81. The molecule has 0 bridgehead atoms. The molecule has 2 aliphatic carbocycles. The average molecular weight is 421 g/mol. The Hall–Kier alpha value is -2.94. The van der Waals surface area contributed by atoms with Crippen LogP contribution in [0.5, 0.6) is 0 Å². The van der Waals surface area contributed by atoms with Gasteiger partial charge in [-0.2, -0.15) is 10.1 Å². The molecule has 3 aromatic rings. The highest BCUT2D eigenvalue weighted by atomic mass is 16.1. The van der Waals surface area contributed by atoms with E-state index in [0.717, 1.165) is 18.5 Å². The van der Waals surface area contributed by atoms with E-state index in [4.69, 9.17) is 0 Å². The summed E-state index contributed by atoms with van der Waals surface area (Å²) in [6, 6.07) is 2.33. The number of hydrogen-bond donors (Lipinski definition) is 2. The molecule has 0 atom stereocenters. The molecule has 2 N–H and O–H groups in total. The van der Waals surface area contributed by atoms with E-state index < -0.39 is 0 Å². The van der Waals surface area contributed by atoms with Gasteiger partial charge in [-0.1, -0.05) is 0 Å². The van der Waals surface area contributed by atoms with E-state index in [-0.39, 0.29) is 11.1 Å². The molecule has 0 radical (unpaired) electrons. The molecule has 9 nitrogen and oxygen atoms in total. The number of hydrogen-bond acceptors (Lipinski definition) is 7. The Bertz CT molecular complexity index is 1230. The lowest BCUT2D eigenvalue weighted by Gasteiger charge is -2.58. The number of rotatable bonds is 5. The first-order valence-electron chi connectivity index (χ1n) is 11.0. The van der Waals surface area contributed by atoms with Crippen LogP contribution in [-0.4, -0.2) is 54.9 Å². The highest BCUT2D eigenvalue weighted by Crippen LogP contribution is 2.53. The first kappa shape index (κ1) is 18.8. The van der Waals surface area contributed by atoms with Gasteiger partial charge in [0.15, 0.2) is 0 Å². The van der Waals surface area contributed by atoms with Gasteiger partial charge in [-0.3, -0.25) is 9.48 Å². The van der Waals surface area contributed by atoms with Crippen LogP contribution in [0.15, 0.2) is 29.5 Å². The predicted octanol–water partition coefficient (Wildman–Crippen LogP) is 2.50. The highest BCUT2D eigenvalue weighted by Gasteiger charge is 2.51. The summed E-state index contributed by atoms with van der Waals surface area (Å²) in [6.07, 6.45) is 10.1. The van der Waals surface area contributed by atoms with Gasteiger partial charge in [0.25, 0.3) is 5.56 Å². The molecule has 1 spiro atoms. The summed E-state index contributed by atoms with van der Waals surface area (Å²) in [5.41, 5.74) is 1.92. The van der Waals surface area contributed by atoms with Gasteiger partial charge in [-0.25, -0.2) is 4.98 Å². The monoisotopic (exact) mass is 420 g/mol. The van der Waals surface area contributed by atoms with E-state index in [2.05, 4.69) is 49.3 Å². The molecule has 31 heavy (non-hydrogen) atoms. The zero-order valence-electron chi connectivity index (χ0n) is 18.2. The largest absolute Gasteiger partial charge is 0.364 e. The van der Waals surface area contributed by atoms with Crippen molar-refractivity contribution in [1.82, 2.24) is 29.2 Å². The average Bonchev–Trinajstić information content (AvgIpc) is 3.21. The maximum absolute atomic E-state index is 12.8. The van der Waals surface area contributed by atoms with Gasteiger partial charge in [0.05, 0.1) is 23.4 Å². The lowest BCUT2D eigenvalue weighted by Crippen LogP contribution is -2.60. The van der Waals surface area contributed by atoms with Crippen molar-refractivity contribution in [3.05, 3.63) is 35.0 Å². The zero-order valence-corrected chi connectivity index (χ0v) is 18.2. The van der Waals surface area contributed by atoms with Crippen molar-refractivity contribution in [3.63, 3.8) is 0 Å². The predicted molar refractivity (Wildman–Crippen MR) is 120 cm³/mol. The lowest BCUT2D eigenvalue weighted by atomic mass is 9.61. The van der Waals surface area contributed by atoms with Gasteiger partial charge < -0.3 is 20.1 Å². The molecule has 6 rings (SSSR count). The van der Waals surface area contributed by atoms with Gasteiger partial charge in [-0.05, 0) is 51.1 Å². The maximum atomic E-state index is 12.8. The fourth-order valence-corrected chi connectivity index (χ4v) is 5.20. The number of pyridine rings is 1. The van der Waals surface area contributed by atoms with Crippen LogP contribution in [0.3, 0.4) is 0 Å². The summed E-state index contributed by atoms with van der Waals surface area (Å²) >= 11 is 0. The van der Waals surface area contributed by atoms with Crippen LogP contribution in [0, 0.1) is 5.41 Å². The van der Waals surface area contributed by atoms with E-state index in [0.29, 0.717) is 34.1 Å². The number of aromatic nitrogens is 5. The van der Waals surface area contributed by atoms with Crippen LogP contribution in [-0.2, 0) is 7.05 Å². The molecule has 1 aliphatic heterocycles. The second-order valence-corrected chi connectivity index (χ2v) is 10.1. The van der Waals surface area contributed by atoms with Gasteiger partial charge in [0, 0.05) is 38.1 Å². The summed E-state index contributed by atoms with van der Waals surface area (Å²) in [5.74, 6) is 1.06. The lowest BCUT2D eigenvalue weighted by molar-refractivity contribution is -0.0786. The molecule has 3 fully saturated rings. The van der Waals surface area contributed by atoms with Crippen LogP contribution < -0.4 is 16.2 Å². The second-order valence-electron chi connectivity index (χ2n) is 10.1. The van der Waals surface area contributed by atoms with Crippen molar-refractivity contribution in [1.29, 1.82) is 0 Å². The highest BCUT2D eigenvalue weighted by molar-refractivity contribution is 5.89. The molecule has 162 valence electrons. The molecule has 0 unspecified atom stereocenters. The summed E-state index contributed by atoms with van der Waals surface area (Å²) in [4.78, 5) is 24.4. The van der Waals surface area contributed by atoms with Crippen molar-refractivity contribution in [2.24, 2.45) is 12.5 Å². The first-order valence-corrected chi connectivity index (χ1v) is 11.0. The number of fused-ring (bicyclic) bond motifs is 1. The molecular weight excluding hydrogens is 392 g/mol. The van der Waals surface area contributed by atoms with Crippen molar-refractivity contribution in [3.8, 4) is 0 Å².